The second kappa shape index (κ2) is 10.7. The molecule has 0 aliphatic carbocycles. The molecule has 0 radical (unpaired) electrons. The number of aliphatic hydroxyl groups is 1. The van der Waals surface area contributed by atoms with E-state index in [9.17, 15) is 14.4 Å². The van der Waals surface area contributed by atoms with E-state index >= 15 is 0 Å². The fourth-order valence-corrected chi connectivity index (χ4v) is 2.42. The van der Waals surface area contributed by atoms with Crippen LogP contribution in [-0.2, 0) is 27.4 Å². The third-order valence-electron chi connectivity index (χ3n) is 3.90. The number of carboxylic acid groups (broad SMARTS) is 1. The molecule has 0 aliphatic heterocycles. The number of rotatable bonds is 9. The van der Waals surface area contributed by atoms with Crippen LogP contribution >= 0.6 is 0 Å². The minimum absolute atomic E-state index is 0.0285. The maximum atomic E-state index is 12.5. The van der Waals surface area contributed by atoms with Gasteiger partial charge >= 0.3 is 12.1 Å². The van der Waals surface area contributed by atoms with Gasteiger partial charge in [0.05, 0.1) is 6.61 Å². The Bertz CT molecular complexity index is 782. The largest absolute Gasteiger partial charge is 0.480 e. The molecule has 0 heterocycles. The number of carboxylic acids is 1. The molecule has 148 valence electrons. The van der Waals surface area contributed by atoms with Crippen LogP contribution in [0.1, 0.15) is 11.1 Å². The molecule has 0 saturated carbocycles. The van der Waals surface area contributed by atoms with Crippen molar-refractivity contribution >= 4 is 18.0 Å². The highest BCUT2D eigenvalue weighted by Gasteiger charge is 2.26. The molecule has 8 nitrogen and oxygen atoms in total. The van der Waals surface area contributed by atoms with Crippen LogP contribution in [0.5, 0.6) is 0 Å². The molecule has 0 unspecified atom stereocenters. The van der Waals surface area contributed by atoms with E-state index in [0.29, 0.717) is 0 Å². The first kappa shape index (κ1) is 20.9. The first-order valence-electron chi connectivity index (χ1n) is 8.64. The summed E-state index contributed by atoms with van der Waals surface area (Å²) in [5, 5.41) is 22.8. The number of benzene rings is 2. The number of carbonyl (C=O) groups excluding carboxylic acids is 2. The lowest BCUT2D eigenvalue weighted by atomic mass is 10.1. The SMILES string of the molecule is O=C(N[C@@H](Cc1ccccc1)C(=O)N[C@H](CO)C(=O)O)OCc1ccccc1. The van der Waals surface area contributed by atoms with Crippen molar-refractivity contribution in [1.82, 2.24) is 10.6 Å². The van der Waals surface area contributed by atoms with E-state index < -0.39 is 36.7 Å². The molecule has 0 bridgehead atoms. The quantitative estimate of drug-likeness (QED) is 0.511. The van der Waals surface area contributed by atoms with Crippen LogP contribution in [0.15, 0.2) is 60.7 Å². The Hall–Kier alpha value is -3.39. The molecule has 28 heavy (non-hydrogen) atoms. The lowest BCUT2D eigenvalue weighted by Gasteiger charge is -2.20. The highest BCUT2D eigenvalue weighted by Crippen LogP contribution is 2.06. The van der Waals surface area contributed by atoms with Crippen molar-refractivity contribution in [2.45, 2.75) is 25.1 Å². The summed E-state index contributed by atoms with van der Waals surface area (Å²) in [6.07, 6.45) is -0.680. The van der Waals surface area contributed by atoms with Crippen LogP contribution in [0.3, 0.4) is 0 Å². The molecule has 0 fully saturated rings. The van der Waals surface area contributed by atoms with Gasteiger partial charge in [0.25, 0.3) is 0 Å². The van der Waals surface area contributed by atoms with Crippen molar-refractivity contribution in [2.24, 2.45) is 0 Å². The number of aliphatic carboxylic acids is 1. The zero-order chi connectivity index (χ0) is 20.4. The monoisotopic (exact) mass is 386 g/mol. The van der Waals surface area contributed by atoms with Gasteiger partial charge in [-0.2, -0.15) is 0 Å². The van der Waals surface area contributed by atoms with Gasteiger partial charge < -0.3 is 25.6 Å². The van der Waals surface area contributed by atoms with Crippen molar-refractivity contribution in [3.05, 3.63) is 71.8 Å². The van der Waals surface area contributed by atoms with Crippen LogP contribution in [0, 0.1) is 0 Å². The molecule has 2 amide bonds. The van der Waals surface area contributed by atoms with E-state index in [-0.39, 0.29) is 13.0 Å². The number of hydrogen-bond acceptors (Lipinski definition) is 5. The molecule has 0 aromatic heterocycles. The Morgan fingerprint density at radius 2 is 1.43 bits per heavy atom. The molecule has 2 aromatic rings. The Morgan fingerprint density at radius 3 is 1.96 bits per heavy atom. The average molecular weight is 386 g/mol. The number of carbonyl (C=O) groups is 3. The third kappa shape index (κ3) is 6.73. The molecule has 0 saturated heterocycles. The topological polar surface area (TPSA) is 125 Å². The molecule has 2 atom stereocenters. The fraction of sp³-hybridized carbons (Fsp3) is 0.250. The number of hydrogen-bond donors (Lipinski definition) is 4. The third-order valence-corrected chi connectivity index (χ3v) is 3.90. The van der Waals surface area contributed by atoms with Gasteiger partial charge in [0, 0.05) is 6.42 Å². The summed E-state index contributed by atoms with van der Waals surface area (Å²) < 4.78 is 5.13. The summed E-state index contributed by atoms with van der Waals surface area (Å²) in [4.78, 5) is 35.6. The predicted molar refractivity (Wildman–Crippen MR) is 100 cm³/mol. The molecule has 8 heteroatoms. The number of alkyl carbamates (subject to hydrolysis) is 1. The van der Waals surface area contributed by atoms with Gasteiger partial charge in [0.2, 0.25) is 5.91 Å². The summed E-state index contributed by atoms with van der Waals surface area (Å²) in [5.74, 6) is -2.11. The van der Waals surface area contributed by atoms with Crippen molar-refractivity contribution in [3.63, 3.8) is 0 Å². The minimum Gasteiger partial charge on any atom is -0.480 e. The molecule has 0 aliphatic rings. The normalized spacial score (nSPS) is 12.5. The van der Waals surface area contributed by atoms with Gasteiger partial charge in [-0.15, -0.1) is 0 Å². The molecular formula is C20H22N2O6. The van der Waals surface area contributed by atoms with Gasteiger partial charge in [-0.3, -0.25) is 4.79 Å². The first-order valence-corrected chi connectivity index (χ1v) is 8.64. The minimum atomic E-state index is -1.46. The highest BCUT2D eigenvalue weighted by atomic mass is 16.5. The Balaban J connectivity index is 2.03. The molecular weight excluding hydrogens is 364 g/mol. The fourth-order valence-electron chi connectivity index (χ4n) is 2.42. The van der Waals surface area contributed by atoms with E-state index in [1.54, 1.807) is 36.4 Å². The van der Waals surface area contributed by atoms with E-state index in [0.717, 1.165) is 11.1 Å². The van der Waals surface area contributed by atoms with Gasteiger partial charge in [0.15, 0.2) is 0 Å². The first-order chi connectivity index (χ1) is 13.5. The summed E-state index contributed by atoms with van der Waals surface area (Å²) >= 11 is 0. The van der Waals surface area contributed by atoms with E-state index in [2.05, 4.69) is 10.6 Å². The smallest absolute Gasteiger partial charge is 0.408 e. The molecule has 0 spiro atoms. The van der Waals surface area contributed by atoms with Crippen LogP contribution in [0.4, 0.5) is 4.79 Å². The number of nitrogens with one attached hydrogen (secondary N) is 2. The van der Waals surface area contributed by atoms with Gasteiger partial charge in [0.1, 0.15) is 18.7 Å². The Morgan fingerprint density at radius 1 is 0.857 bits per heavy atom. The van der Waals surface area contributed by atoms with E-state index in [1.807, 2.05) is 24.3 Å². The second-order valence-corrected chi connectivity index (χ2v) is 6.03. The summed E-state index contributed by atoms with van der Waals surface area (Å²) in [6.45, 7) is -0.738. The Kier molecular flexibility index (Phi) is 7.98. The van der Waals surface area contributed by atoms with E-state index in [4.69, 9.17) is 14.9 Å². The summed E-state index contributed by atoms with van der Waals surface area (Å²) in [5.41, 5.74) is 1.55. The molecule has 2 aromatic carbocycles. The van der Waals surface area contributed by atoms with Crippen LogP contribution < -0.4 is 10.6 Å². The van der Waals surface area contributed by atoms with Crippen LogP contribution in [0.25, 0.3) is 0 Å². The number of amides is 2. The highest BCUT2D eigenvalue weighted by molar-refractivity contribution is 5.89. The standard InChI is InChI=1S/C20H22N2O6/c23-12-17(19(25)26)21-18(24)16(11-14-7-3-1-4-8-14)22-20(27)28-13-15-9-5-2-6-10-15/h1-10,16-17,23H,11-13H2,(H,21,24)(H,22,27)(H,25,26)/t16-,17+/m0/s1. The zero-order valence-corrected chi connectivity index (χ0v) is 15.1. The van der Waals surface area contributed by atoms with Crippen molar-refractivity contribution in [1.29, 1.82) is 0 Å². The Labute approximate surface area is 162 Å². The molecule has 2 rings (SSSR count). The lowest BCUT2D eigenvalue weighted by Crippen LogP contribution is -2.53. The van der Waals surface area contributed by atoms with Crippen LogP contribution in [0.2, 0.25) is 0 Å². The zero-order valence-electron chi connectivity index (χ0n) is 15.1. The average Bonchev–Trinajstić information content (AvgIpc) is 2.71. The second-order valence-electron chi connectivity index (χ2n) is 6.03. The predicted octanol–water partition coefficient (Wildman–Crippen LogP) is 1.09. The molecule has 4 N–H and O–H groups in total. The van der Waals surface area contributed by atoms with E-state index in [1.165, 1.54) is 0 Å². The van der Waals surface area contributed by atoms with Gasteiger partial charge in [-0.1, -0.05) is 60.7 Å². The number of aliphatic hydroxyl groups excluding tert-OH is 1. The number of ether oxygens (including phenoxy) is 1. The van der Waals surface area contributed by atoms with Crippen LogP contribution in [-0.4, -0.2) is 46.9 Å². The van der Waals surface area contributed by atoms with Gasteiger partial charge in [-0.05, 0) is 11.1 Å². The lowest BCUT2D eigenvalue weighted by molar-refractivity contribution is -0.143. The van der Waals surface area contributed by atoms with Gasteiger partial charge in [-0.25, -0.2) is 9.59 Å². The summed E-state index contributed by atoms with van der Waals surface area (Å²) in [7, 11) is 0. The maximum Gasteiger partial charge on any atom is 0.408 e. The summed E-state index contributed by atoms with van der Waals surface area (Å²) in [6, 6.07) is 15.4. The van der Waals surface area contributed by atoms with Crippen molar-refractivity contribution in [2.75, 3.05) is 6.61 Å². The van der Waals surface area contributed by atoms with Crippen molar-refractivity contribution < 1.29 is 29.3 Å². The van der Waals surface area contributed by atoms with Crippen molar-refractivity contribution in [3.8, 4) is 0 Å². The maximum absolute atomic E-state index is 12.5.